The molecule has 1 atom stereocenters. The second-order valence-corrected chi connectivity index (χ2v) is 5.65. The third-order valence-electron chi connectivity index (χ3n) is 2.33. The minimum absolute atomic E-state index is 0.0421. The van der Waals surface area contributed by atoms with Crippen molar-refractivity contribution in [1.29, 1.82) is 0 Å². The summed E-state index contributed by atoms with van der Waals surface area (Å²) in [5.41, 5.74) is 0. The first-order valence-corrected chi connectivity index (χ1v) is 7.72. The number of hydrogen-bond donors (Lipinski definition) is 1. The number of rotatable bonds is 10. The predicted octanol–water partition coefficient (Wildman–Crippen LogP) is 1.10. The van der Waals surface area contributed by atoms with E-state index in [-0.39, 0.29) is 13.2 Å². The molecule has 0 aliphatic carbocycles. The second-order valence-electron chi connectivity index (χ2n) is 4.05. The van der Waals surface area contributed by atoms with E-state index in [2.05, 4.69) is 11.3 Å². The van der Waals surface area contributed by atoms with Gasteiger partial charge in [-0.05, 0) is 6.42 Å². The van der Waals surface area contributed by atoms with Crippen LogP contribution < -0.4 is 0 Å². The van der Waals surface area contributed by atoms with Crippen molar-refractivity contribution < 1.29 is 32.0 Å². The number of hydrogen-bond acceptors (Lipinski definition) is 6. The Labute approximate surface area is 118 Å². The molecule has 7 nitrogen and oxygen atoms in total. The zero-order chi connectivity index (χ0) is 15.6. The predicted molar refractivity (Wildman–Crippen MR) is 71.6 cm³/mol. The maximum Gasteiger partial charge on any atom is 0.327 e. The normalized spacial score (nSPS) is 12.5. The second kappa shape index (κ2) is 9.49. The van der Waals surface area contributed by atoms with E-state index in [1.807, 2.05) is 6.92 Å². The van der Waals surface area contributed by atoms with Gasteiger partial charge in [-0.1, -0.05) is 32.4 Å². The Morgan fingerprint density at radius 1 is 1.30 bits per heavy atom. The molecule has 0 aromatic rings. The lowest BCUT2D eigenvalue weighted by Gasteiger charge is -2.12. The average Bonchev–Trinajstić information content (AvgIpc) is 2.37. The van der Waals surface area contributed by atoms with Gasteiger partial charge in [0, 0.05) is 0 Å². The van der Waals surface area contributed by atoms with Gasteiger partial charge in [0.2, 0.25) is 0 Å². The van der Waals surface area contributed by atoms with Gasteiger partial charge in [-0.25, -0.2) is 0 Å². The Bertz CT molecular complexity index is 427. The van der Waals surface area contributed by atoms with Crippen molar-refractivity contribution in [2.45, 2.75) is 37.9 Å². The van der Waals surface area contributed by atoms with E-state index in [0.29, 0.717) is 6.42 Å². The molecule has 0 saturated carbocycles. The van der Waals surface area contributed by atoms with E-state index in [0.717, 1.165) is 12.8 Å². The van der Waals surface area contributed by atoms with Crippen LogP contribution in [-0.4, -0.2) is 43.4 Å². The van der Waals surface area contributed by atoms with Crippen molar-refractivity contribution in [1.82, 2.24) is 0 Å². The van der Waals surface area contributed by atoms with Crippen molar-refractivity contribution in [2.75, 3.05) is 13.2 Å². The molecule has 0 spiro atoms. The fraction of sp³-hybridized carbons (Fsp3) is 0.667. The molecule has 1 unspecified atom stereocenters. The summed E-state index contributed by atoms with van der Waals surface area (Å²) < 4.78 is 40.5. The average molecular weight is 308 g/mol. The van der Waals surface area contributed by atoms with E-state index in [1.54, 1.807) is 0 Å². The molecule has 20 heavy (non-hydrogen) atoms. The van der Waals surface area contributed by atoms with Gasteiger partial charge in [-0.15, -0.1) is 0 Å². The van der Waals surface area contributed by atoms with Gasteiger partial charge in [-0.3, -0.25) is 14.1 Å². The molecule has 0 saturated heterocycles. The first kappa shape index (κ1) is 18.6. The summed E-state index contributed by atoms with van der Waals surface area (Å²) >= 11 is 0. The van der Waals surface area contributed by atoms with Crippen LogP contribution >= 0.6 is 0 Å². The van der Waals surface area contributed by atoms with E-state index in [4.69, 9.17) is 9.29 Å². The molecule has 0 aliphatic heterocycles. The topological polar surface area (TPSA) is 107 Å². The van der Waals surface area contributed by atoms with E-state index in [1.165, 1.54) is 6.08 Å². The van der Waals surface area contributed by atoms with Gasteiger partial charge in [0.15, 0.2) is 5.25 Å². The summed E-state index contributed by atoms with van der Waals surface area (Å²) in [6.45, 7) is 5.21. The van der Waals surface area contributed by atoms with Crippen LogP contribution in [0.1, 0.15) is 32.6 Å². The first-order chi connectivity index (χ1) is 9.32. The molecule has 0 fully saturated rings. The summed E-state index contributed by atoms with van der Waals surface area (Å²) in [5.74, 6) is -2.09. The highest BCUT2D eigenvalue weighted by molar-refractivity contribution is 7.87. The Morgan fingerprint density at radius 2 is 1.95 bits per heavy atom. The Balaban J connectivity index is 4.53. The molecule has 0 bridgehead atoms. The fourth-order valence-electron chi connectivity index (χ4n) is 1.29. The molecule has 0 heterocycles. The maximum absolute atomic E-state index is 11.6. The summed E-state index contributed by atoms with van der Waals surface area (Å²) in [5, 5.41) is -1.96. The van der Waals surface area contributed by atoms with Crippen LogP contribution in [-0.2, 0) is 29.2 Å². The van der Waals surface area contributed by atoms with Gasteiger partial charge < -0.3 is 9.47 Å². The summed E-state index contributed by atoms with van der Waals surface area (Å²) in [6, 6.07) is 0. The number of carbonyl (C=O) groups is 2. The Morgan fingerprint density at radius 3 is 2.45 bits per heavy atom. The molecule has 8 heteroatoms. The molecule has 116 valence electrons. The molecular weight excluding hydrogens is 288 g/mol. The van der Waals surface area contributed by atoms with E-state index >= 15 is 0 Å². The minimum atomic E-state index is -4.73. The summed E-state index contributed by atoms with van der Waals surface area (Å²) in [7, 11) is -4.73. The monoisotopic (exact) mass is 308 g/mol. The van der Waals surface area contributed by atoms with Crippen LogP contribution in [0.5, 0.6) is 0 Å². The summed E-state index contributed by atoms with van der Waals surface area (Å²) in [6.07, 6.45) is 2.82. The first-order valence-electron chi connectivity index (χ1n) is 6.22. The molecule has 0 aromatic carbocycles. The smallest absolute Gasteiger partial charge is 0.327 e. The van der Waals surface area contributed by atoms with Crippen LogP contribution in [0.15, 0.2) is 12.7 Å². The molecule has 0 amide bonds. The minimum Gasteiger partial charge on any atom is -0.465 e. The van der Waals surface area contributed by atoms with Crippen molar-refractivity contribution >= 4 is 22.1 Å². The number of unbranched alkanes of at least 4 members (excludes halogenated alkanes) is 2. The number of esters is 2. The Hall–Kier alpha value is -1.41. The van der Waals surface area contributed by atoms with Gasteiger partial charge in [0.1, 0.15) is 6.61 Å². The fourth-order valence-corrected chi connectivity index (χ4v) is 1.95. The molecule has 0 aromatic heterocycles. The molecule has 1 N–H and O–H groups in total. The highest BCUT2D eigenvalue weighted by Crippen LogP contribution is 2.09. The van der Waals surface area contributed by atoms with Crippen molar-refractivity contribution in [2.24, 2.45) is 0 Å². The SMILES string of the molecule is C=CCOC(=O)CC(C(=O)OCCCCC)S(=O)(=O)O. The number of ether oxygens (including phenoxy) is 2. The zero-order valence-corrected chi connectivity index (χ0v) is 12.2. The van der Waals surface area contributed by atoms with Gasteiger partial charge in [-0.2, -0.15) is 8.42 Å². The molecule has 0 rings (SSSR count). The van der Waals surface area contributed by atoms with Gasteiger partial charge in [0.05, 0.1) is 13.0 Å². The summed E-state index contributed by atoms with van der Waals surface area (Å²) in [4.78, 5) is 22.9. The number of carbonyl (C=O) groups excluding carboxylic acids is 2. The Kier molecular flexibility index (Phi) is 8.82. The zero-order valence-electron chi connectivity index (χ0n) is 11.4. The third-order valence-corrected chi connectivity index (χ3v) is 3.41. The molecular formula is C12H20O7S. The molecule has 0 radical (unpaired) electrons. The largest absolute Gasteiger partial charge is 0.465 e. The van der Waals surface area contributed by atoms with Crippen molar-refractivity contribution in [3.8, 4) is 0 Å². The van der Waals surface area contributed by atoms with Crippen molar-refractivity contribution in [3.05, 3.63) is 12.7 Å². The third kappa shape index (κ3) is 7.90. The highest BCUT2D eigenvalue weighted by Gasteiger charge is 2.35. The lowest BCUT2D eigenvalue weighted by atomic mass is 10.2. The quantitative estimate of drug-likeness (QED) is 0.278. The van der Waals surface area contributed by atoms with Gasteiger partial charge >= 0.3 is 11.9 Å². The maximum atomic E-state index is 11.6. The van der Waals surface area contributed by atoms with E-state index < -0.39 is 33.7 Å². The van der Waals surface area contributed by atoms with Crippen LogP contribution in [0, 0.1) is 0 Å². The van der Waals surface area contributed by atoms with Crippen molar-refractivity contribution in [3.63, 3.8) is 0 Å². The molecule has 0 aliphatic rings. The standard InChI is InChI=1S/C12H20O7S/c1-3-5-6-8-19-12(14)10(20(15,16)17)9-11(13)18-7-4-2/h4,10H,2-3,5-9H2,1H3,(H,15,16,17). The van der Waals surface area contributed by atoms with Crippen LogP contribution in [0.2, 0.25) is 0 Å². The lowest BCUT2D eigenvalue weighted by molar-refractivity contribution is -0.149. The highest BCUT2D eigenvalue weighted by atomic mass is 32.2. The lowest BCUT2D eigenvalue weighted by Crippen LogP contribution is -2.34. The van der Waals surface area contributed by atoms with Crippen LogP contribution in [0.4, 0.5) is 0 Å². The van der Waals surface area contributed by atoms with E-state index in [9.17, 15) is 18.0 Å². The van der Waals surface area contributed by atoms with Crippen LogP contribution in [0.3, 0.4) is 0 Å². The van der Waals surface area contributed by atoms with Gasteiger partial charge in [0.25, 0.3) is 10.1 Å². The van der Waals surface area contributed by atoms with Crippen LogP contribution in [0.25, 0.3) is 0 Å².